The Morgan fingerprint density at radius 1 is 1.58 bits per heavy atom. The summed E-state index contributed by atoms with van der Waals surface area (Å²) in [5, 5.41) is 12.2. The van der Waals surface area contributed by atoms with E-state index in [4.69, 9.17) is 4.74 Å². The lowest BCUT2D eigenvalue weighted by atomic mass is 10.0. The standard InChI is InChI=1S/C14H18FNO3/c1-14(5-6-14)13(18)16-11(8-17)9-3-4-10(15)12(7-9)19-2/h3-4,7,11,17H,5-6,8H2,1-2H3,(H,16,18). The monoisotopic (exact) mass is 267 g/mol. The highest BCUT2D eigenvalue weighted by Gasteiger charge is 2.45. The molecular formula is C14H18FNO3. The Kier molecular flexibility index (Phi) is 3.75. The van der Waals surface area contributed by atoms with Crippen LogP contribution < -0.4 is 10.1 Å². The molecule has 1 aliphatic carbocycles. The highest BCUT2D eigenvalue weighted by molar-refractivity contribution is 5.85. The zero-order chi connectivity index (χ0) is 14.0. The van der Waals surface area contributed by atoms with E-state index in [-0.39, 0.29) is 23.7 Å². The topological polar surface area (TPSA) is 58.6 Å². The third kappa shape index (κ3) is 2.87. The van der Waals surface area contributed by atoms with Crippen molar-refractivity contribution in [3.8, 4) is 5.75 Å². The highest BCUT2D eigenvalue weighted by Crippen LogP contribution is 2.45. The number of aliphatic hydroxyl groups is 1. The maximum Gasteiger partial charge on any atom is 0.226 e. The Balaban J connectivity index is 2.15. The van der Waals surface area contributed by atoms with Crippen LogP contribution in [0.15, 0.2) is 18.2 Å². The molecular weight excluding hydrogens is 249 g/mol. The number of hydrogen-bond donors (Lipinski definition) is 2. The minimum atomic E-state index is -0.542. The average Bonchev–Trinajstić information content (AvgIpc) is 3.16. The summed E-state index contributed by atoms with van der Waals surface area (Å²) in [6, 6.07) is 3.75. The minimum Gasteiger partial charge on any atom is -0.494 e. The predicted octanol–water partition coefficient (Wildman–Crippen LogP) is 1.78. The molecule has 1 fully saturated rings. The second-order valence-corrected chi connectivity index (χ2v) is 5.16. The minimum absolute atomic E-state index is 0.0742. The maximum atomic E-state index is 13.3. The molecule has 0 heterocycles. The van der Waals surface area contributed by atoms with Crippen LogP contribution in [0, 0.1) is 11.2 Å². The SMILES string of the molecule is COc1cc(C(CO)NC(=O)C2(C)CC2)ccc1F. The zero-order valence-corrected chi connectivity index (χ0v) is 11.1. The summed E-state index contributed by atoms with van der Waals surface area (Å²) in [4.78, 5) is 12.0. The van der Waals surface area contributed by atoms with Crippen molar-refractivity contribution in [2.75, 3.05) is 13.7 Å². The van der Waals surface area contributed by atoms with E-state index >= 15 is 0 Å². The number of methoxy groups -OCH3 is 1. The third-order valence-corrected chi connectivity index (χ3v) is 3.61. The van der Waals surface area contributed by atoms with E-state index < -0.39 is 11.9 Å². The first-order valence-electron chi connectivity index (χ1n) is 6.25. The molecule has 1 amide bonds. The van der Waals surface area contributed by atoms with Crippen LogP contribution in [-0.4, -0.2) is 24.7 Å². The first-order valence-corrected chi connectivity index (χ1v) is 6.25. The number of amides is 1. The molecule has 2 rings (SSSR count). The lowest BCUT2D eigenvalue weighted by Gasteiger charge is -2.20. The van der Waals surface area contributed by atoms with Crippen LogP contribution in [0.4, 0.5) is 4.39 Å². The zero-order valence-electron chi connectivity index (χ0n) is 11.1. The summed E-state index contributed by atoms with van der Waals surface area (Å²) < 4.78 is 18.2. The smallest absolute Gasteiger partial charge is 0.226 e. The molecule has 19 heavy (non-hydrogen) atoms. The molecule has 104 valence electrons. The predicted molar refractivity (Wildman–Crippen MR) is 68.3 cm³/mol. The normalized spacial score (nSPS) is 17.7. The lowest BCUT2D eigenvalue weighted by Crippen LogP contribution is -2.35. The van der Waals surface area contributed by atoms with Gasteiger partial charge in [0.15, 0.2) is 11.6 Å². The van der Waals surface area contributed by atoms with Crippen molar-refractivity contribution >= 4 is 5.91 Å². The lowest BCUT2D eigenvalue weighted by molar-refractivity contribution is -0.126. The van der Waals surface area contributed by atoms with Crippen LogP contribution >= 0.6 is 0 Å². The fraction of sp³-hybridized carbons (Fsp3) is 0.500. The molecule has 4 nitrogen and oxygen atoms in total. The van der Waals surface area contributed by atoms with E-state index in [1.807, 2.05) is 6.92 Å². The van der Waals surface area contributed by atoms with Crippen LogP contribution in [-0.2, 0) is 4.79 Å². The van der Waals surface area contributed by atoms with Crippen molar-refractivity contribution in [1.82, 2.24) is 5.32 Å². The molecule has 0 radical (unpaired) electrons. The molecule has 1 atom stereocenters. The molecule has 2 N–H and O–H groups in total. The summed E-state index contributed by atoms with van der Waals surface area (Å²) in [6.45, 7) is 1.65. The number of nitrogens with one attached hydrogen (secondary N) is 1. The molecule has 1 unspecified atom stereocenters. The van der Waals surface area contributed by atoms with Crippen molar-refractivity contribution in [2.24, 2.45) is 5.41 Å². The summed E-state index contributed by atoms with van der Waals surface area (Å²) >= 11 is 0. The fourth-order valence-corrected chi connectivity index (χ4v) is 1.87. The molecule has 5 heteroatoms. The molecule has 0 bridgehead atoms. The van der Waals surface area contributed by atoms with Gasteiger partial charge in [-0.3, -0.25) is 4.79 Å². The first kappa shape index (κ1) is 13.8. The van der Waals surface area contributed by atoms with Gasteiger partial charge in [0.2, 0.25) is 5.91 Å². The Hall–Kier alpha value is -1.62. The van der Waals surface area contributed by atoms with Crippen molar-refractivity contribution in [2.45, 2.75) is 25.8 Å². The number of hydrogen-bond acceptors (Lipinski definition) is 3. The summed E-state index contributed by atoms with van der Waals surface area (Å²) in [6.07, 6.45) is 1.73. The van der Waals surface area contributed by atoms with Gasteiger partial charge in [0.1, 0.15) is 0 Å². The van der Waals surface area contributed by atoms with Gasteiger partial charge in [0, 0.05) is 5.41 Å². The highest BCUT2D eigenvalue weighted by atomic mass is 19.1. The number of aliphatic hydroxyl groups excluding tert-OH is 1. The first-order chi connectivity index (χ1) is 9.00. The molecule has 1 aromatic carbocycles. The van der Waals surface area contributed by atoms with E-state index in [0.717, 1.165) is 12.8 Å². The van der Waals surface area contributed by atoms with Crippen molar-refractivity contribution < 1.29 is 19.0 Å². The largest absolute Gasteiger partial charge is 0.494 e. The number of carbonyl (C=O) groups is 1. The second kappa shape index (κ2) is 5.17. The quantitative estimate of drug-likeness (QED) is 0.855. The number of benzene rings is 1. The number of ether oxygens (including phenoxy) is 1. The van der Waals surface area contributed by atoms with Gasteiger partial charge in [-0.1, -0.05) is 13.0 Å². The maximum absolute atomic E-state index is 13.3. The van der Waals surface area contributed by atoms with E-state index in [1.54, 1.807) is 0 Å². The Morgan fingerprint density at radius 2 is 2.26 bits per heavy atom. The van der Waals surface area contributed by atoms with Crippen LogP contribution in [0.25, 0.3) is 0 Å². The Morgan fingerprint density at radius 3 is 2.79 bits per heavy atom. The van der Waals surface area contributed by atoms with Crippen LogP contribution in [0.1, 0.15) is 31.4 Å². The molecule has 0 aromatic heterocycles. The van der Waals surface area contributed by atoms with Gasteiger partial charge >= 0.3 is 0 Å². The van der Waals surface area contributed by atoms with Gasteiger partial charge in [0.25, 0.3) is 0 Å². The van der Waals surface area contributed by atoms with Crippen LogP contribution in [0.2, 0.25) is 0 Å². The van der Waals surface area contributed by atoms with E-state index in [2.05, 4.69) is 5.32 Å². The molecule has 1 aromatic rings. The van der Waals surface area contributed by atoms with Crippen LogP contribution in [0.3, 0.4) is 0 Å². The van der Waals surface area contributed by atoms with Crippen LogP contribution in [0.5, 0.6) is 5.75 Å². The average molecular weight is 267 g/mol. The Labute approximate surface area is 111 Å². The number of halogens is 1. The van der Waals surface area contributed by atoms with Crippen molar-refractivity contribution in [1.29, 1.82) is 0 Å². The second-order valence-electron chi connectivity index (χ2n) is 5.16. The molecule has 0 saturated heterocycles. The van der Waals surface area contributed by atoms with Crippen molar-refractivity contribution in [3.05, 3.63) is 29.6 Å². The summed E-state index contributed by atoms with van der Waals surface area (Å²) in [5.74, 6) is -0.443. The fourth-order valence-electron chi connectivity index (χ4n) is 1.87. The molecule has 1 aliphatic rings. The Bertz CT molecular complexity index is 486. The number of rotatable bonds is 5. The van der Waals surface area contributed by atoms with Gasteiger partial charge in [0.05, 0.1) is 19.8 Å². The van der Waals surface area contributed by atoms with Gasteiger partial charge in [-0.15, -0.1) is 0 Å². The molecule has 1 saturated carbocycles. The van der Waals surface area contributed by atoms with Crippen molar-refractivity contribution in [3.63, 3.8) is 0 Å². The van der Waals surface area contributed by atoms with Gasteiger partial charge < -0.3 is 15.2 Å². The van der Waals surface area contributed by atoms with Gasteiger partial charge in [-0.25, -0.2) is 4.39 Å². The number of carbonyl (C=O) groups excluding carboxylic acids is 1. The molecule has 0 spiro atoms. The van der Waals surface area contributed by atoms with Gasteiger partial charge in [-0.2, -0.15) is 0 Å². The molecule has 0 aliphatic heterocycles. The summed E-state index contributed by atoms with van der Waals surface area (Å²) in [7, 11) is 1.37. The third-order valence-electron chi connectivity index (χ3n) is 3.61. The summed E-state index contributed by atoms with van der Waals surface area (Å²) in [5.41, 5.74) is 0.315. The van der Waals surface area contributed by atoms with E-state index in [1.165, 1.54) is 25.3 Å². The van der Waals surface area contributed by atoms with E-state index in [9.17, 15) is 14.3 Å². The van der Waals surface area contributed by atoms with E-state index in [0.29, 0.717) is 5.56 Å². The van der Waals surface area contributed by atoms with Gasteiger partial charge in [-0.05, 0) is 30.5 Å².